The zero-order valence-electron chi connectivity index (χ0n) is 16.4. The van der Waals surface area contributed by atoms with E-state index in [9.17, 15) is 4.79 Å². The van der Waals surface area contributed by atoms with Crippen LogP contribution in [0.15, 0.2) is 24.3 Å². The van der Waals surface area contributed by atoms with Crippen molar-refractivity contribution in [3.05, 3.63) is 34.9 Å². The lowest BCUT2D eigenvalue weighted by Crippen LogP contribution is -2.71. The van der Waals surface area contributed by atoms with Gasteiger partial charge in [-0.15, -0.1) is 0 Å². The Morgan fingerprint density at radius 1 is 1.07 bits per heavy atom. The highest BCUT2D eigenvalue weighted by Crippen LogP contribution is 2.30. The van der Waals surface area contributed by atoms with E-state index >= 15 is 0 Å². The fourth-order valence-electron chi connectivity index (χ4n) is 5.02. The van der Waals surface area contributed by atoms with Crippen LogP contribution in [0.1, 0.15) is 37.0 Å². The SMILES string of the molecule is CC1(C)CN(C(=O)c2ccc(Cl)cc2)CC2CN(C3CCOCC3)CCN21. The summed E-state index contributed by atoms with van der Waals surface area (Å²) in [4.78, 5) is 20.4. The van der Waals surface area contributed by atoms with Gasteiger partial charge >= 0.3 is 0 Å². The van der Waals surface area contributed by atoms with E-state index in [1.807, 2.05) is 17.0 Å². The molecule has 0 aliphatic carbocycles. The average Bonchev–Trinajstić information content (AvgIpc) is 2.67. The van der Waals surface area contributed by atoms with E-state index in [2.05, 4.69) is 23.6 Å². The number of nitrogens with zero attached hydrogens (tertiary/aromatic N) is 3. The van der Waals surface area contributed by atoms with Crippen LogP contribution in [0.2, 0.25) is 5.02 Å². The molecule has 1 unspecified atom stereocenters. The van der Waals surface area contributed by atoms with Gasteiger partial charge in [0, 0.05) is 74.1 Å². The molecule has 3 aliphatic heterocycles. The number of amides is 1. The molecule has 5 nitrogen and oxygen atoms in total. The third kappa shape index (κ3) is 4.02. The quantitative estimate of drug-likeness (QED) is 0.776. The van der Waals surface area contributed by atoms with Crippen LogP contribution in [-0.4, -0.2) is 84.2 Å². The number of ether oxygens (including phenoxy) is 1. The summed E-state index contributed by atoms with van der Waals surface area (Å²) in [5.41, 5.74) is 0.716. The summed E-state index contributed by atoms with van der Waals surface area (Å²) in [7, 11) is 0. The van der Waals surface area contributed by atoms with Crippen LogP contribution in [-0.2, 0) is 4.74 Å². The molecule has 148 valence electrons. The summed E-state index contributed by atoms with van der Waals surface area (Å²) in [6.07, 6.45) is 2.26. The van der Waals surface area contributed by atoms with E-state index in [0.717, 1.165) is 64.3 Å². The second-order valence-electron chi connectivity index (χ2n) is 8.69. The topological polar surface area (TPSA) is 36.0 Å². The van der Waals surface area contributed by atoms with Crippen molar-refractivity contribution >= 4 is 17.5 Å². The van der Waals surface area contributed by atoms with E-state index in [1.54, 1.807) is 12.1 Å². The van der Waals surface area contributed by atoms with Crippen molar-refractivity contribution in [3.8, 4) is 0 Å². The minimum Gasteiger partial charge on any atom is -0.381 e. The molecule has 6 heteroatoms. The van der Waals surface area contributed by atoms with Crippen molar-refractivity contribution in [2.45, 2.75) is 44.3 Å². The smallest absolute Gasteiger partial charge is 0.253 e. The molecule has 3 fully saturated rings. The molecule has 0 spiro atoms. The maximum Gasteiger partial charge on any atom is 0.253 e. The molecule has 1 atom stereocenters. The lowest BCUT2D eigenvalue weighted by atomic mass is 9.91. The fraction of sp³-hybridized carbons (Fsp3) is 0.667. The van der Waals surface area contributed by atoms with Crippen molar-refractivity contribution < 1.29 is 9.53 Å². The summed E-state index contributed by atoms with van der Waals surface area (Å²) in [5.74, 6) is 0.114. The zero-order valence-corrected chi connectivity index (χ0v) is 17.1. The third-order valence-corrected chi connectivity index (χ3v) is 6.64. The van der Waals surface area contributed by atoms with Gasteiger partial charge in [0.2, 0.25) is 0 Å². The summed E-state index contributed by atoms with van der Waals surface area (Å²) in [6.45, 7) is 11.1. The van der Waals surface area contributed by atoms with Gasteiger partial charge in [-0.1, -0.05) is 11.6 Å². The molecule has 3 heterocycles. The predicted molar refractivity (Wildman–Crippen MR) is 107 cm³/mol. The van der Waals surface area contributed by atoms with Gasteiger partial charge in [-0.2, -0.15) is 0 Å². The maximum atomic E-state index is 13.1. The Hall–Kier alpha value is -1.14. The molecule has 0 saturated carbocycles. The molecule has 0 aromatic heterocycles. The fourth-order valence-corrected chi connectivity index (χ4v) is 5.15. The van der Waals surface area contributed by atoms with E-state index in [4.69, 9.17) is 16.3 Å². The van der Waals surface area contributed by atoms with E-state index in [-0.39, 0.29) is 11.4 Å². The monoisotopic (exact) mass is 391 g/mol. The van der Waals surface area contributed by atoms with Crippen LogP contribution >= 0.6 is 11.6 Å². The number of piperazine rings is 2. The molecule has 0 radical (unpaired) electrons. The first-order valence-electron chi connectivity index (χ1n) is 10.1. The normalized spacial score (nSPS) is 27.4. The number of carbonyl (C=O) groups excluding carboxylic acids is 1. The van der Waals surface area contributed by atoms with E-state index in [0.29, 0.717) is 17.1 Å². The number of halogens is 1. The van der Waals surface area contributed by atoms with Crippen molar-refractivity contribution in [3.63, 3.8) is 0 Å². The van der Waals surface area contributed by atoms with Crippen LogP contribution in [0, 0.1) is 0 Å². The molecule has 1 aromatic rings. The molecule has 1 aromatic carbocycles. The number of rotatable bonds is 2. The highest BCUT2D eigenvalue weighted by Gasteiger charge is 2.44. The number of carbonyl (C=O) groups is 1. The lowest BCUT2D eigenvalue weighted by molar-refractivity contribution is -0.0743. The van der Waals surface area contributed by atoms with Gasteiger partial charge in [0.05, 0.1) is 0 Å². The molecule has 3 aliphatic rings. The summed E-state index contributed by atoms with van der Waals surface area (Å²) >= 11 is 5.98. The first-order valence-corrected chi connectivity index (χ1v) is 10.5. The van der Waals surface area contributed by atoms with Crippen LogP contribution < -0.4 is 0 Å². The van der Waals surface area contributed by atoms with Crippen molar-refractivity contribution in [1.29, 1.82) is 0 Å². The van der Waals surface area contributed by atoms with Crippen LogP contribution in [0.5, 0.6) is 0 Å². The Bertz CT molecular complexity index is 673. The van der Waals surface area contributed by atoms with Gasteiger partial charge in [0.15, 0.2) is 0 Å². The highest BCUT2D eigenvalue weighted by molar-refractivity contribution is 6.30. The Morgan fingerprint density at radius 3 is 2.48 bits per heavy atom. The number of fused-ring (bicyclic) bond motifs is 1. The van der Waals surface area contributed by atoms with Gasteiger partial charge in [-0.3, -0.25) is 14.6 Å². The molecule has 0 N–H and O–H groups in total. The van der Waals surface area contributed by atoms with Crippen molar-refractivity contribution in [1.82, 2.24) is 14.7 Å². The minimum atomic E-state index is -0.00717. The van der Waals surface area contributed by atoms with Crippen LogP contribution in [0.4, 0.5) is 0 Å². The third-order valence-electron chi connectivity index (χ3n) is 6.39. The molecular weight excluding hydrogens is 362 g/mol. The summed E-state index contributed by atoms with van der Waals surface area (Å²) in [5, 5.41) is 0.663. The molecule has 1 amide bonds. The molecule has 27 heavy (non-hydrogen) atoms. The van der Waals surface area contributed by atoms with Gasteiger partial charge in [0.1, 0.15) is 0 Å². The molecule has 4 rings (SSSR count). The molecule has 0 bridgehead atoms. The lowest BCUT2D eigenvalue weighted by Gasteiger charge is -2.56. The first-order chi connectivity index (χ1) is 12.9. The maximum absolute atomic E-state index is 13.1. The predicted octanol–water partition coefficient (Wildman–Crippen LogP) is 2.74. The Labute approximate surface area is 167 Å². The van der Waals surface area contributed by atoms with Gasteiger partial charge in [-0.25, -0.2) is 0 Å². The van der Waals surface area contributed by atoms with Gasteiger partial charge in [0.25, 0.3) is 5.91 Å². The number of benzene rings is 1. The van der Waals surface area contributed by atoms with Gasteiger partial charge in [-0.05, 0) is 51.0 Å². The van der Waals surface area contributed by atoms with Crippen LogP contribution in [0.3, 0.4) is 0 Å². The second-order valence-corrected chi connectivity index (χ2v) is 9.13. The summed E-state index contributed by atoms with van der Waals surface area (Å²) in [6, 6.07) is 8.28. The van der Waals surface area contributed by atoms with E-state index in [1.165, 1.54) is 0 Å². The first kappa shape index (κ1) is 19.2. The molecule has 3 saturated heterocycles. The standard InChI is InChI=1S/C21H30ClN3O2/c1-21(2)15-24(20(26)16-3-5-17(22)6-4-16)14-19-13-23(9-10-25(19)21)18-7-11-27-12-8-18/h3-6,18-19H,7-15H2,1-2H3. The average molecular weight is 392 g/mol. The van der Waals surface area contributed by atoms with Crippen molar-refractivity contribution in [2.24, 2.45) is 0 Å². The highest BCUT2D eigenvalue weighted by atomic mass is 35.5. The zero-order chi connectivity index (χ0) is 19.0. The van der Waals surface area contributed by atoms with E-state index < -0.39 is 0 Å². The number of hydrogen-bond donors (Lipinski definition) is 0. The van der Waals surface area contributed by atoms with Crippen molar-refractivity contribution in [2.75, 3.05) is 45.9 Å². The largest absolute Gasteiger partial charge is 0.381 e. The van der Waals surface area contributed by atoms with Gasteiger partial charge < -0.3 is 9.64 Å². The molecular formula is C21H30ClN3O2. The Balaban J connectivity index is 1.48. The number of hydrogen-bond acceptors (Lipinski definition) is 4. The minimum absolute atomic E-state index is 0.00717. The van der Waals surface area contributed by atoms with Crippen LogP contribution in [0.25, 0.3) is 0 Å². The Kier molecular flexibility index (Phi) is 5.48. The Morgan fingerprint density at radius 2 is 1.78 bits per heavy atom. The second kappa shape index (κ2) is 7.70. The summed E-state index contributed by atoms with van der Waals surface area (Å²) < 4.78 is 5.54.